The second kappa shape index (κ2) is 6.76. The van der Waals surface area contributed by atoms with E-state index in [1.54, 1.807) is 12.1 Å². The summed E-state index contributed by atoms with van der Waals surface area (Å²) in [5, 5.41) is 6.09. The highest BCUT2D eigenvalue weighted by molar-refractivity contribution is 9.10. The van der Waals surface area contributed by atoms with E-state index in [0.29, 0.717) is 41.4 Å². The zero-order valence-electron chi connectivity index (χ0n) is 10.4. The van der Waals surface area contributed by atoms with Gasteiger partial charge in [0, 0.05) is 30.7 Å². The summed E-state index contributed by atoms with van der Waals surface area (Å²) in [6.45, 7) is 2.40. The molecule has 2 rings (SSSR count). The molecule has 2 amide bonds. The van der Waals surface area contributed by atoms with Crippen molar-refractivity contribution in [2.45, 2.75) is 0 Å². The van der Waals surface area contributed by atoms with Crippen molar-refractivity contribution in [3.63, 3.8) is 0 Å². The Kier molecular flexibility index (Phi) is 5.26. The SMILES string of the molecule is O=C(Nc1ccc(Br)c(Cl)c1Cl)C(=O)N1CCNCC1. The summed E-state index contributed by atoms with van der Waals surface area (Å²) in [7, 11) is 0. The molecule has 20 heavy (non-hydrogen) atoms. The predicted octanol–water partition coefficient (Wildman–Crippen LogP) is 2.13. The largest absolute Gasteiger partial charge is 0.332 e. The van der Waals surface area contributed by atoms with Gasteiger partial charge < -0.3 is 15.5 Å². The molecule has 1 fully saturated rings. The van der Waals surface area contributed by atoms with Crippen LogP contribution in [-0.4, -0.2) is 42.9 Å². The highest BCUT2D eigenvalue weighted by atomic mass is 79.9. The van der Waals surface area contributed by atoms with Gasteiger partial charge in [0.15, 0.2) is 0 Å². The molecule has 1 aromatic carbocycles. The minimum atomic E-state index is -0.716. The minimum Gasteiger partial charge on any atom is -0.332 e. The van der Waals surface area contributed by atoms with E-state index in [1.807, 2.05) is 0 Å². The number of carbonyl (C=O) groups excluding carboxylic acids is 2. The van der Waals surface area contributed by atoms with Gasteiger partial charge in [0.25, 0.3) is 0 Å². The van der Waals surface area contributed by atoms with Crippen LogP contribution in [0.2, 0.25) is 10.0 Å². The number of nitrogens with one attached hydrogen (secondary N) is 2. The first-order valence-corrected chi connectivity index (χ1v) is 7.50. The Labute approximate surface area is 134 Å². The molecule has 0 aromatic heterocycles. The van der Waals surface area contributed by atoms with E-state index in [0.717, 1.165) is 0 Å². The van der Waals surface area contributed by atoms with Crippen molar-refractivity contribution in [3.8, 4) is 0 Å². The van der Waals surface area contributed by atoms with Crippen LogP contribution >= 0.6 is 39.1 Å². The van der Waals surface area contributed by atoms with Gasteiger partial charge >= 0.3 is 11.8 Å². The number of rotatable bonds is 1. The third-order valence-electron chi connectivity index (χ3n) is 2.88. The first-order chi connectivity index (χ1) is 9.50. The highest BCUT2D eigenvalue weighted by Crippen LogP contribution is 2.35. The van der Waals surface area contributed by atoms with Gasteiger partial charge in [-0.3, -0.25) is 9.59 Å². The molecular formula is C12H12BrCl2N3O2. The van der Waals surface area contributed by atoms with Gasteiger partial charge in [-0.15, -0.1) is 0 Å². The van der Waals surface area contributed by atoms with Gasteiger partial charge in [0.2, 0.25) is 0 Å². The highest BCUT2D eigenvalue weighted by Gasteiger charge is 2.24. The number of halogens is 3. The van der Waals surface area contributed by atoms with Gasteiger partial charge in [-0.25, -0.2) is 0 Å². The molecule has 0 bridgehead atoms. The third-order valence-corrected chi connectivity index (χ3v) is 4.65. The molecule has 0 saturated carbocycles. The maximum absolute atomic E-state index is 12.0. The summed E-state index contributed by atoms with van der Waals surface area (Å²) in [5.41, 5.74) is 0.313. The number of amides is 2. The van der Waals surface area contributed by atoms with Gasteiger partial charge in [0.05, 0.1) is 15.7 Å². The molecule has 108 valence electrons. The molecule has 2 N–H and O–H groups in total. The van der Waals surface area contributed by atoms with Crippen molar-refractivity contribution in [1.29, 1.82) is 0 Å². The first-order valence-electron chi connectivity index (χ1n) is 5.95. The molecule has 8 heteroatoms. The van der Waals surface area contributed by atoms with E-state index in [-0.39, 0.29) is 5.02 Å². The fraction of sp³-hybridized carbons (Fsp3) is 0.333. The fourth-order valence-electron chi connectivity index (χ4n) is 1.81. The van der Waals surface area contributed by atoms with E-state index < -0.39 is 11.8 Å². The van der Waals surface area contributed by atoms with E-state index in [2.05, 4.69) is 26.6 Å². The first kappa shape index (κ1) is 15.6. The molecule has 1 aliphatic rings. The van der Waals surface area contributed by atoms with Crippen molar-refractivity contribution in [1.82, 2.24) is 10.2 Å². The molecule has 0 atom stereocenters. The third kappa shape index (κ3) is 3.44. The Balaban J connectivity index is 2.07. The Bertz CT molecular complexity index is 548. The summed E-state index contributed by atoms with van der Waals surface area (Å²) in [6.07, 6.45) is 0. The summed E-state index contributed by atoms with van der Waals surface area (Å²) >= 11 is 15.2. The van der Waals surface area contributed by atoms with Crippen molar-refractivity contribution >= 4 is 56.6 Å². The number of hydrogen-bond acceptors (Lipinski definition) is 3. The number of hydrogen-bond donors (Lipinski definition) is 2. The van der Waals surface area contributed by atoms with E-state index in [4.69, 9.17) is 23.2 Å². The van der Waals surface area contributed by atoms with Gasteiger partial charge in [-0.1, -0.05) is 23.2 Å². The standard InChI is InChI=1S/C12H12BrCl2N3O2/c13-7-1-2-8(10(15)9(7)14)17-11(19)12(20)18-5-3-16-4-6-18/h1-2,16H,3-6H2,(H,17,19). The molecule has 1 aliphatic heterocycles. The van der Waals surface area contributed by atoms with Crippen LogP contribution in [0.3, 0.4) is 0 Å². The molecule has 0 spiro atoms. The van der Waals surface area contributed by atoms with E-state index in [9.17, 15) is 9.59 Å². The average molecular weight is 381 g/mol. The summed E-state index contributed by atoms with van der Waals surface area (Å²) in [4.78, 5) is 25.4. The van der Waals surface area contributed by atoms with Crippen LogP contribution in [0.15, 0.2) is 16.6 Å². The van der Waals surface area contributed by atoms with Crippen LogP contribution in [0.1, 0.15) is 0 Å². The van der Waals surface area contributed by atoms with Crippen LogP contribution in [-0.2, 0) is 9.59 Å². The average Bonchev–Trinajstić information content (AvgIpc) is 2.48. The molecule has 0 unspecified atom stereocenters. The van der Waals surface area contributed by atoms with E-state index >= 15 is 0 Å². The van der Waals surface area contributed by atoms with Crippen molar-refractivity contribution in [3.05, 3.63) is 26.7 Å². The minimum absolute atomic E-state index is 0.197. The van der Waals surface area contributed by atoms with Crippen molar-refractivity contribution < 1.29 is 9.59 Å². The number of benzene rings is 1. The monoisotopic (exact) mass is 379 g/mol. The second-order valence-corrected chi connectivity index (χ2v) is 5.83. The van der Waals surface area contributed by atoms with Crippen LogP contribution in [0.25, 0.3) is 0 Å². The normalized spacial score (nSPS) is 15.1. The van der Waals surface area contributed by atoms with Crippen LogP contribution in [0.4, 0.5) is 5.69 Å². The lowest BCUT2D eigenvalue weighted by atomic mass is 10.3. The number of carbonyl (C=O) groups is 2. The quantitative estimate of drug-likeness (QED) is 0.579. The Morgan fingerprint density at radius 2 is 1.85 bits per heavy atom. The van der Waals surface area contributed by atoms with Crippen LogP contribution in [0, 0.1) is 0 Å². The van der Waals surface area contributed by atoms with Crippen molar-refractivity contribution in [2.75, 3.05) is 31.5 Å². The lowest BCUT2D eigenvalue weighted by molar-refractivity contribution is -0.143. The number of anilines is 1. The number of nitrogens with zero attached hydrogens (tertiary/aromatic N) is 1. The molecule has 0 radical (unpaired) electrons. The molecule has 1 heterocycles. The van der Waals surface area contributed by atoms with Crippen molar-refractivity contribution in [2.24, 2.45) is 0 Å². The molecular weight excluding hydrogens is 369 g/mol. The van der Waals surface area contributed by atoms with Crippen LogP contribution < -0.4 is 10.6 Å². The fourth-order valence-corrected chi connectivity index (χ4v) is 2.63. The second-order valence-electron chi connectivity index (χ2n) is 4.22. The molecule has 1 saturated heterocycles. The van der Waals surface area contributed by atoms with Gasteiger partial charge in [-0.05, 0) is 28.1 Å². The Morgan fingerprint density at radius 3 is 2.50 bits per heavy atom. The van der Waals surface area contributed by atoms with E-state index in [1.165, 1.54) is 4.90 Å². The van der Waals surface area contributed by atoms with Crippen LogP contribution in [0.5, 0.6) is 0 Å². The molecule has 0 aliphatic carbocycles. The number of piperazine rings is 1. The summed E-state index contributed by atoms with van der Waals surface area (Å²) in [5.74, 6) is -1.28. The molecule has 1 aromatic rings. The predicted molar refractivity (Wildman–Crippen MR) is 82.2 cm³/mol. The summed E-state index contributed by atoms with van der Waals surface area (Å²) in [6, 6.07) is 3.24. The zero-order valence-corrected chi connectivity index (χ0v) is 13.5. The van der Waals surface area contributed by atoms with Gasteiger partial charge in [-0.2, -0.15) is 0 Å². The lowest BCUT2D eigenvalue weighted by Crippen LogP contribution is -2.49. The summed E-state index contributed by atoms with van der Waals surface area (Å²) < 4.78 is 0.621. The maximum Gasteiger partial charge on any atom is 0.313 e. The van der Waals surface area contributed by atoms with Gasteiger partial charge in [0.1, 0.15) is 0 Å². The lowest BCUT2D eigenvalue weighted by Gasteiger charge is -2.26. The smallest absolute Gasteiger partial charge is 0.313 e. The Morgan fingerprint density at radius 1 is 1.20 bits per heavy atom. The zero-order chi connectivity index (χ0) is 14.7. The molecule has 5 nitrogen and oxygen atoms in total. The Hall–Kier alpha value is -0.820. The topological polar surface area (TPSA) is 61.4 Å². The maximum atomic E-state index is 12.0.